The minimum Gasteiger partial charge on any atom is -0.484 e. The number of anilines is 1. The first kappa shape index (κ1) is 20.8. The number of hydrogen-bond donors (Lipinski definition) is 3. The van der Waals surface area contributed by atoms with Crippen molar-refractivity contribution in [2.45, 2.75) is 0 Å². The molecular formula is C19H13Cl2N3O4S. The zero-order valence-electron chi connectivity index (χ0n) is 14.6. The highest BCUT2D eigenvalue weighted by Crippen LogP contribution is 2.25. The van der Waals surface area contributed by atoms with Gasteiger partial charge in [0.1, 0.15) is 11.3 Å². The van der Waals surface area contributed by atoms with Gasteiger partial charge in [0.05, 0.1) is 10.7 Å². The van der Waals surface area contributed by atoms with Crippen molar-refractivity contribution in [3.05, 3.63) is 63.6 Å². The van der Waals surface area contributed by atoms with Crippen LogP contribution >= 0.6 is 35.4 Å². The molecule has 0 saturated carbocycles. The summed E-state index contributed by atoms with van der Waals surface area (Å²) in [6.45, 7) is -0.234. The monoisotopic (exact) mass is 449 g/mol. The van der Waals surface area contributed by atoms with Gasteiger partial charge in [-0.3, -0.25) is 25.0 Å². The maximum absolute atomic E-state index is 12.0. The standard InChI is InChI=1S/C19H13Cl2N3O4S/c20-11-3-6-15(14(21)8-11)22-16(25)9-28-12-4-1-10(2-5-12)7-13-17(26)23-19(29)24-18(13)27/h1-8H,9H2,(H,22,25)(H2,23,24,26,27,29). The van der Waals surface area contributed by atoms with E-state index in [0.29, 0.717) is 27.0 Å². The Morgan fingerprint density at radius 2 is 1.72 bits per heavy atom. The minimum absolute atomic E-state index is 0.0286. The Kier molecular flexibility index (Phi) is 6.48. The van der Waals surface area contributed by atoms with E-state index in [1.807, 2.05) is 0 Å². The van der Waals surface area contributed by atoms with Crippen LogP contribution in [0.2, 0.25) is 10.0 Å². The average molecular weight is 450 g/mol. The lowest BCUT2D eigenvalue weighted by atomic mass is 10.1. The summed E-state index contributed by atoms with van der Waals surface area (Å²) in [6, 6.07) is 11.2. The Morgan fingerprint density at radius 1 is 1.07 bits per heavy atom. The van der Waals surface area contributed by atoms with Gasteiger partial charge in [0.25, 0.3) is 17.7 Å². The van der Waals surface area contributed by atoms with Crippen molar-refractivity contribution >= 4 is 70.0 Å². The highest BCUT2D eigenvalue weighted by atomic mass is 35.5. The van der Waals surface area contributed by atoms with Gasteiger partial charge in [-0.1, -0.05) is 35.3 Å². The molecule has 3 N–H and O–H groups in total. The zero-order valence-corrected chi connectivity index (χ0v) is 17.0. The molecule has 0 aromatic heterocycles. The van der Waals surface area contributed by atoms with Crippen molar-refractivity contribution in [1.29, 1.82) is 0 Å². The van der Waals surface area contributed by atoms with Gasteiger partial charge in [-0.05, 0) is 54.2 Å². The molecule has 2 aromatic carbocycles. The number of carbonyl (C=O) groups excluding carboxylic acids is 3. The van der Waals surface area contributed by atoms with Crippen LogP contribution in [0.3, 0.4) is 0 Å². The lowest BCUT2D eigenvalue weighted by Crippen LogP contribution is -2.51. The number of thiocarbonyl (C=S) groups is 1. The first-order chi connectivity index (χ1) is 13.8. The van der Waals surface area contributed by atoms with E-state index in [0.717, 1.165) is 0 Å². The molecule has 1 aliphatic rings. The fourth-order valence-corrected chi connectivity index (χ4v) is 3.00. The molecule has 10 heteroatoms. The van der Waals surface area contributed by atoms with Crippen molar-refractivity contribution < 1.29 is 19.1 Å². The Hall–Kier alpha value is -2.94. The second-order valence-electron chi connectivity index (χ2n) is 5.83. The van der Waals surface area contributed by atoms with Gasteiger partial charge in [0.15, 0.2) is 11.7 Å². The van der Waals surface area contributed by atoms with Crippen molar-refractivity contribution in [2.24, 2.45) is 0 Å². The second kappa shape index (κ2) is 9.04. The number of nitrogens with one attached hydrogen (secondary N) is 3. The van der Waals surface area contributed by atoms with Gasteiger partial charge in [-0.25, -0.2) is 0 Å². The van der Waals surface area contributed by atoms with Gasteiger partial charge in [-0.15, -0.1) is 0 Å². The second-order valence-corrected chi connectivity index (χ2v) is 7.08. The number of carbonyl (C=O) groups is 3. The van der Waals surface area contributed by atoms with Crippen LogP contribution in [0.25, 0.3) is 6.08 Å². The van der Waals surface area contributed by atoms with Crippen molar-refractivity contribution in [3.8, 4) is 5.75 Å². The van der Waals surface area contributed by atoms with Crippen LogP contribution in [0.4, 0.5) is 5.69 Å². The number of benzene rings is 2. The molecule has 0 spiro atoms. The molecule has 7 nitrogen and oxygen atoms in total. The van der Waals surface area contributed by atoms with Crippen LogP contribution in [0.15, 0.2) is 48.0 Å². The summed E-state index contributed by atoms with van der Waals surface area (Å²) in [7, 11) is 0. The molecular weight excluding hydrogens is 437 g/mol. The predicted octanol–water partition coefficient (Wildman–Crippen LogP) is 2.93. The number of rotatable bonds is 5. The van der Waals surface area contributed by atoms with Crippen LogP contribution in [0, 0.1) is 0 Å². The van der Waals surface area contributed by atoms with Gasteiger partial charge in [0.2, 0.25) is 0 Å². The highest BCUT2D eigenvalue weighted by molar-refractivity contribution is 7.80. The third-order valence-corrected chi connectivity index (χ3v) is 4.46. The fourth-order valence-electron chi connectivity index (χ4n) is 2.36. The first-order valence-corrected chi connectivity index (χ1v) is 9.34. The summed E-state index contributed by atoms with van der Waals surface area (Å²) >= 11 is 16.6. The van der Waals surface area contributed by atoms with Crippen LogP contribution in [-0.2, 0) is 14.4 Å². The molecule has 29 heavy (non-hydrogen) atoms. The molecule has 1 saturated heterocycles. The molecule has 1 heterocycles. The van der Waals surface area contributed by atoms with E-state index in [-0.39, 0.29) is 17.3 Å². The van der Waals surface area contributed by atoms with E-state index < -0.39 is 17.7 Å². The summed E-state index contributed by atoms with van der Waals surface area (Å²) in [5.41, 5.74) is 0.963. The summed E-state index contributed by atoms with van der Waals surface area (Å²) in [5, 5.41) is 8.09. The molecule has 3 amide bonds. The number of halogens is 2. The van der Waals surface area contributed by atoms with Crippen LogP contribution < -0.4 is 20.7 Å². The van der Waals surface area contributed by atoms with Crippen LogP contribution in [0.1, 0.15) is 5.56 Å². The predicted molar refractivity (Wildman–Crippen MR) is 114 cm³/mol. The maximum atomic E-state index is 12.0. The van der Waals surface area contributed by atoms with Crippen molar-refractivity contribution in [3.63, 3.8) is 0 Å². The van der Waals surface area contributed by atoms with Gasteiger partial charge < -0.3 is 10.1 Å². The molecule has 1 fully saturated rings. The Morgan fingerprint density at radius 3 is 2.34 bits per heavy atom. The van der Waals surface area contributed by atoms with Crippen molar-refractivity contribution in [1.82, 2.24) is 10.6 Å². The molecule has 0 unspecified atom stereocenters. The smallest absolute Gasteiger partial charge is 0.263 e. The number of hydrogen-bond acceptors (Lipinski definition) is 5. The number of amides is 3. The SMILES string of the molecule is O=C(COc1ccc(C=C2C(=O)NC(=S)NC2=O)cc1)Nc1ccc(Cl)cc1Cl. The zero-order chi connectivity index (χ0) is 21.0. The maximum Gasteiger partial charge on any atom is 0.263 e. The minimum atomic E-state index is -0.573. The first-order valence-electron chi connectivity index (χ1n) is 8.18. The third-order valence-electron chi connectivity index (χ3n) is 3.71. The Balaban J connectivity index is 1.58. The van der Waals surface area contributed by atoms with Crippen LogP contribution in [-0.4, -0.2) is 29.4 Å². The molecule has 0 atom stereocenters. The third kappa shape index (κ3) is 5.54. The summed E-state index contributed by atoms with van der Waals surface area (Å²) < 4.78 is 5.43. The molecule has 0 radical (unpaired) electrons. The van der Waals surface area contributed by atoms with Gasteiger partial charge in [0, 0.05) is 5.02 Å². The van der Waals surface area contributed by atoms with E-state index in [2.05, 4.69) is 16.0 Å². The Bertz CT molecular complexity index is 1020. The average Bonchev–Trinajstić information content (AvgIpc) is 2.66. The molecule has 3 rings (SSSR count). The van der Waals surface area contributed by atoms with Gasteiger partial charge >= 0.3 is 0 Å². The molecule has 0 aliphatic carbocycles. The van der Waals surface area contributed by atoms with E-state index in [1.54, 1.807) is 36.4 Å². The van der Waals surface area contributed by atoms with E-state index in [1.165, 1.54) is 12.1 Å². The Labute approximate surface area is 181 Å². The molecule has 0 bridgehead atoms. The van der Waals surface area contributed by atoms with Gasteiger partial charge in [-0.2, -0.15) is 0 Å². The van der Waals surface area contributed by atoms with Crippen molar-refractivity contribution in [2.75, 3.05) is 11.9 Å². The van der Waals surface area contributed by atoms with E-state index >= 15 is 0 Å². The molecule has 148 valence electrons. The fraction of sp³-hybridized carbons (Fsp3) is 0.0526. The lowest BCUT2D eigenvalue weighted by Gasteiger charge is -2.16. The topological polar surface area (TPSA) is 96.5 Å². The van der Waals surface area contributed by atoms with Crippen LogP contribution in [0.5, 0.6) is 5.75 Å². The molecule has 2 aromatic rings. The lowest BCUT2D eigenvalue weighted by molar-refractivity contribution is -0.123. The summed E-state index contributed by atoms with van der Waals surface area (Å²) in [5.74, 6) is -1.11. The number of ether oxygens (including phenoxy) is 1. The summed E-state index contributed by atoms with van der Waals surface area (Å²) in [6.07, 6.45) is 1.42. The van der Waals surface area contributed by atoms with E-state index in [4.69, 9.17) is 40.2 Å². The summed E-state index contributed by atoms with van der Waals surface area (Å²) in [4.78, 5) is 35.7. The quantitative estimate of drug-likeness (QED) is 0.370. The molecule has 1 aliphatic heterocycles. The van der Waals surface area contributed by atoms with E-state index in [9.17, 15) is 14.4 Å². The largest absolute Gasteiger partial charge is 0.484 e. The highest BCUT2D eigenvalue weighted by Gasteiger charge is 2.25. The normalized spacial score (nSPS) is 13.4.